The van der Waals surface area contributed by atoms with Crippen LogP contribution in [0.1, 0.15) is 56.1 Å². The summed E-state index contributed by atoms with van der Waals surface area (Å²) in [5, 5.41) is 0. The Bertz CT molecular complexity index is 1780. The Hall–Kier alpha value is -4.48. The lowest BCUT2D eigenvalue weighted by Crippen LogP contribution is -2.25. The van der Waals surface area contributed by atoms with Crippen LogP contribution in [0.25, 0.3) is 22.3 Å². The van der Waals surface area contributed by atoms with E-state index in [1.165, 1.54) is 12.1 Å². The van der Waals surface area contributed by atoms with Crippen LogP contribution in [0.2, 0.25) is 0 Å². The lowest BCUT2D eigenvalue weighted by molar-refractivity contribution is -0.275. The van der Waals surface area contributed by atoms with Gasteiger partial charge in [-0.3, -0.25) is 0 Å². The van der Waals surface area contributed by atoms with E-state index in [1.807, 2.05) is 0 Å². The van der Waals surface area contributed by atoms with Gasteiger partial charge in [-0.15, -0.1) is 13.2 Å². The summed E-state index contributed by atoms with van der Waals surface area (Å²) in [6, 6.07) is 9.50. The van der Waals surface area contributed by atoms with E-state index in [-0.39, 0.29) is 22.6 Å². The molecule has 12 heteroatoms. The molecule has 0 saturated heterocycles. The zero-order valence-corrected chi connectivity index (χ0v) is 25.3. The second kappa shape index (κ2) is 13.9. The quantitative estimate of drug-likeness (QED) is 0.129. The fraction of sp³-hybridized carbons (Fsp3) is 0.278. The summed E-state index contributed by atoms with van der Waals surface area (Å²) in [7, 11) is 0. The molecule has 1 aliphatic rings. The van der Waals surface area contributed by atoms with Crippen molar-refractivity contribution in [3.63, 3.8) is 0 Å². The largest absolute Gasteiger partial charge is 0.573 e. The van der Waals surface area contributed by atoms with Gasteiger partial charge in [-0.25, -0.2) is 22.0 Å². The number of benzene rings is 4. The van der Waals surface area contributed by atoms with E-state index in [9.17, 15) is 22.0 Å². The molecule has 0 spiro atoms. The Morgan fingerprint density at radius 3 is 1.83 bits per heavy atom. The Kier molecular flexibility index (Phi) is 10.1. The van der Waals surface area contributed by atoms with Crippen molar-refractivity contribution in [2.45, 2.75) is 57.4 Å². The summed E-state index contributed by atoms with van der Waals surface area (Å²) in [6.45, 7) is 2.06. The number of allylic oxidation sites excluding steroid dienone is 2. The van der Waals surface area contributed by atoms with Crippen molar-refractivity contribution in [2.75, 3.05) is 0 Å². The summed E-state index contributed by atoms with van der Waals surface area (Å²) >= 11 is 0. The highest BCUT2D eigenvalue weighted by Crippen LogP contribution is 2.41. The molecule has 0 heterocycles. The van der Waals surface area contributed by atoms with Crippen molar-refractivity contribution < 1.29 is 53.4 Å². The standard InChI is InChI=1S/C36H28F10O2/c1-2-3-4-20-5-7-21(8-6-20)22-9-12-27(28(37)15-22)24-17-31(40)34(32(41)18-24)35(42,43)47-25-11-13-26(29(38)19-25)23-10-14-33(30(39)16-23)48-36(44,45)46/h3-4,9-21H,2,5-8H2,1H3. The predicted octanol–water partition coefficient (Wildman–Crippen LogP) is 12.0. The van der Waals surface area contributed by atoms with E-state index in [2.05, 4.69) is 28.5 Å². The van der Waals surface area contributed by atoms with Gasteiger partial charge in [0.05, 0.1) is 0 Å². The molecule has 1 saturated carbocycles. The van der Waals surface area contributed by atoms with E-state index in [0.717, 1.165) is 55.9 Å². The third-order valence-electron chi connectivity index (χ3n) is 8.18. The first-order chi connectivity index (χ1) is 22.6. The molecule has 0 radical (unpaired) electrons. The molecule has 2 nitrogen and oxygen atoms in total. The van der Waals surface area contributed by atoms with E-state index >= 15 is 22.0 Å². The van der Waals surface area contributed by atoms with Gasteiger partial charge in [0.25, 0.3) is 0 Å². The van der Waals surface area contributed by atoms with Crippen molar-refractivity contribution in [2.24, 2.45) is 5.92 Å². The first-order valence-electron chi connectivity index (χ1n) is 15.0. The van der Waals surface area contributed by atoms with Crippen LogP contribution >= 0.6 is 0 Å². The highest BCUT2D eigenvalue weighted by atomic mass is 19.4. The topological polar surface area (TPSA) is 18.5 Å². The van der Waals surface area contributed by atoms with Crippen LogP contribution < -0.4 is 9.47 Å². The molecule has 1 aliphatic carbocycles. The van der Waals surface area contributed by atoms with Gasteiger partial charge in [-0.05, 0) is 103 Å². The average molecular weight is 683 g/mol. The van der Waals surface area contributed by atoms with Crippen molar-refractivity contribution in [1.29, 1.82) is 0 Å². The Balaban J connectivity index is 1.32. The Labute approximate surface area is 269 Å². The second-order valence-electron chi connectivity index (χ2n) is 11.5. The fourth-order valence-electron chi connectivity index (χ4n) is 5.87. The summed E-state index contributed by atoms with van der Waals surface area (Å²) in [4.78, 5) is 0. The third-order valence-corrected chi connectivity index (χ3v) is 8.18. The van der Waals surface area contributed by atoms with E-state index in [0.29, 0.717) is 36.2 Å². The van der Waals surface area contributed by atoms with Gasteiger partial charge in [0.2, 0.25) is 0 Å². The number of hydrogen-bond acceptors (Lipinski definition) is 2. The van der Waals surface area contributed by atoms with Gasteiger partial charge in [0, 0.05) is 17.2 Å². The van der Waals surface area contributed by atoms with Crippen LogP contribution in [-0.4, -0.2) is 6.36 Å². The van der Waals surface area contributed by atoms with Gasteiger partial charge in [-0.2, -0.15) is 8.78 Å². The molecule has 254 valence electrons. The van der Waals surface area contributed by atoms with Gasteiger partial charge in [0.15, 0.2) is 11.6 Å². The maximum atomic E-state index is 15.2. The highest BCUT2D eigenvalue weighted by Gasteiger charge is 2.41. The molecule has 0 aromatic heterocycles. The molecular formula is C36H28F10O2. The molecule has 48 heavy (non-hydrogen) atoms. The minimum Gasteiger partial charge on any atom is -0.429 e. The molecule has 0 unspecified atom stereocenters. The van der Waals surface area contributed by atoms with Gasteiger partial charge in [-0.1, -0.05) is 37.3 Å². The molecule has 0 N–H and O–H groups in total. The first-order valence-corrected chi connectivity index (χ1v) is 15.0. The van der Waals surface area contributed by atoms with Crippen LogP contribution in [0.4, 0.5) is 43.9 Å². The van der Waals surface area contributed by atoms with Crippen LogP contribution in [0, 0.1) is 35.0 Å². The molecule has 0 bridgehead atoms. The first kappa shape index (κ1) is 34.8. The fourth-order valence-corrected chi connectivity index (χ4v) is 5.87. The monoisotopic (exact) mass is 682 g/mol. The summed E-state index contributed by atoms with van der Waals surface area (Å²) in [5.74, 6) is -8.46. The van der Waals surface area contributed by atoms with Crippen molar-refractivity contribution in [3.05, 3.63) is 119 Å². The third kappa shape index (κ3) is 7.96. The smallest absolute Gasteiger partial charge is 0.429 e. The van der Waals surface area contributed by atoms with Gasteiger partial charge >= 0.3 is 12.5 Å². The number of halogens is 10. The van der Waals surface area contributed by atoms with Crippen LogP contribution in [-0.2, 0) is 6.11 Å². The molecule has 4 aromatic carbocycles. The zero-order valence-electron chi connectivity index (χ0n) is 25.3. The highest BCUT2D eigenvalue weighted by molar-refractivity contribution is 5.67. The number of rotatable bonds is 9. The maximum absolute atomic E-state index is 15.2. The summed E-state index contributed by atoms with van der Waals surface area (Å²) in [5.41, 5.74) is -2.26. The van der Waals surface area contributed by atoms with Crippen molar-refractivity contribution in [3.8, 4) is 33.8 Å². The minimum absolute atomic E-state index is 0.116. The molecule has 5 rings (SSSR count). The maximum Gasteiger partial charge on any atom is 0.573 e. The molecule has 1 fully saturated rings. The predicted molar refractivity (Wildman–Crippen MR) is 159 cm³/mol. The molecular weight excluding hydrogens is 654 g/mol. The van der Waals surface area contributed by atoms with Gasteiger partial charge in [0.1, 0.15) is 34.6 Å². The van der Waals surface area contributed by atoms with Crippen LogP contribution in [0.3, 0.4) is 0 Å². The molecule has 0 amide bonds. The molecule has 0 aliphatic heterocycles. The zero-order chi connectivity index (χ0) is 34.8. The van der Waals surface area contributed by atoms with E-state index in [1.54, 1.807) is 6.07 Å². The lowest BCUT2D eigenvalue weighted by Gasteiger charge is -2.27. The van der Waals surface area contributed by atoms with Gasteiger partial charge < -0.3 is 9.47 Å². The molecule has 0 atom stereocenters. The van der Waals surface area contributed by atoms with Crippen molar-refractivity contribution >= 4 is 0 Å². The van der Waals surface area contributed by atoms with E-state index in [4.69, 9.17) is 0 Å². The number of hydrogen-bond donors (Lipinski definition) is 0. The SMILES string of the molecule is CCC=CC1CCC(c2ccc(-c3cc(F)c(C(F)(F)Oc4ccc(-c5ccc(OC(F)(F)F)c(F)c5)c(F)c4)c(F)c3)c(F)c2)CC1. The average Bonchev–Trinajstić information content (AvgIpc) is 3.00. The summed E-state index contributed by atoms with van der Waals surface area (Å²) in [6.07, 6.45) is -0.965. The van der Waals surface area contributed by atoms with Crippen molar-refractivity contribution in [1.82, 2.24) is 0 Å². The Morgan fingerprint density at radius 2 is 1.25 bits per heavy atom. The van der Waals surface area contributed by atoms with E-state index < -0.39 is 64.2 Å². The lowest BCUT2D eigenvalue weighted by atomic mass is 9.78. The molecule has 4 aromatic rings. The Morgan fingerprint density at radius 1 is 0.646 bits per heavy atom. The second-order valence-corrected chi connectivity index (χ2v) is 11.5. The van der Waals surface area contributed by atoms with Crippen LogP contribution in [0.5, 0.6) is 11.5 Å². The summed E-state index contributed by atoms with van der Waals surface area (Å²) < 4.78 is 149. The number of ether oxygens (including phenoxy) is 2. The number of alkyl halides is 5. The van der Waals surface area contributed by atoms with Crippen LogP contribution in [0.15, 0.2) is 78.9 Å². The minimum atomic E-state index is -5.18. The normalized spacial score (nSPS) is 17.1.